The highest BCUT2D eigenvalue weighted by atomic mass is 19.1. The molecule has 1 amide bonds. The Balaban J connectivity index is 1.82. The molecule has 2 aromatic heterocycles. The first-order valence-corrected chi connectivity index (χ1v) is 11.2. The average molecular weight is 469 g/mol. The lowest BCUT2D eigenvalue weighted by Crippen LogP contribution is -2.31. The van der Waals surface area contributed by atoms with E-state index in [0.717, 1.165) is 11.1 Å². The highest BCUT2D eigenvalue weighted by molar-refractivity contribution is 5.97. The number of benzene rings is 2. The predicted molar refractivity (Wildman–Crippen MR) is 132 cm³/mol. The fourth-order valence-corrected chi connectivity index (χ4v) is 4.06. The van der Waals surface area contributed by atoms with Gasteiger partial charge in [0.2, 0.25) is 0 Å². The molecule has 0 aliphatic carbocycles. The molecule has 0 aliphatic heterocycles. The van der Waals surface area contributed by atoms with Crippen LogP contribution in [0.25, 0.3) is 16.9 Å². The van der Waals surface area contributed by atoms with Gasteiger partial charge in [-0.05, 0) is 66.6 Å². The molecule has 35 heavy (non-hydrogen) atoms. The van der Waals surface area contributed by atoms with Gasteiger partial charge in [0.15, 0.2) is 0 Å². The van der Waals surface area contributed by atoms with Crippen molar-refractivity contribution in [2.45, 2.75) is 19.9 Å². The number of hydrogen-bond donors (Lipinski definition) is 0. The van der Waals surface area contributed by atoms with Gasteiger partial charge in [-0.1, -0.05) is 18.2 Å². The SMILES string of the molecule is COc1ccc(-c2cc(C(=O)N(CCC#N)Cc3cccnc3)c(C)n2-c2ccccc2F)cc1. The molecule has 4 rings (SSSR count). The quantitative estimate of drug-likeness (QED) is 0.340. The second kappa shape index (κ2) is 10.7. The van der Waals surface area contributed by atoms with E-state index in [-0.39, 0.29) is 18.9 Å². The zero-order valence-electron chi connectivity index (χ0n) is 19.6. The van der Waals surface area contributed by atoms with Gasteiger partial charge in [0, 0.05) is 31.2 Å². The Kier molecular flexibility index (Phi) is 7.22. The molecule has 0 saturated heterocycles. The number of nitriles is 1. The summed E-state index contributed by atoms with van der Waals surface area (Å²) in [6.45, 7) is 2.39. The van der Waals surface area contributed by atoms with Crippen LogP contribution < -0.4 is 4.74 Å². The summed E-state index contributed by atoms with van der Waals surface area (Å²) in [5.41, 5.74) is 3.76. The van der Waals surface area contributed by atoms with Crippen LogP contribution in [0.2, 0.25) is 0 Å². The van der Waals surface area contributed by atoms with Crippen molar-refractivity contribution < 1.29 is 13.9 Å². The van der Waals surface area contributed by atoms with Crippen molar-refractivity contribution in [3.8, 4) is 28.8 Å². The molecule has 0 bridgehead atoms. The summed E-state index contributed by atoms with van der Waals surface area (Å²) in [4.78, 5) is 19.5. The maximum absolute atomic E-state index is 14.9. The standard InChI is InChI=1S/C28H25FN4O2/c1-20-24(28(34)32(16-6-14-30)19-21-7-5-15-31-18-21)17-27(22-10-12-23(35-2)13-11-22)33(20)26-9-4-3-8-25(26)29/h3-5,7-13,15,17-18H,6,16,19H2,1-2H3. The van der Waals surface area contributed by atoms with Gasteiger partial charge < -0.3 is 14.2 Å². The zero-order chi connectivity index (χ0) is 24.8. The third-order valence-corrected chi connectivity index (χ3v) is 5.83. The molecule has 4 aromatic rings. The first-order chi connectivity index (χ1) is 17.0. The molecule has 0 fully saturated rings. The maximum atomic E-state index is 14.9. The molecule has 6 nitrogen and oxygen atoms in total. The van der Waals surface area contributed by atoms with E-state index in [4.69, 9.17) is 10.00 Å². The Labute approximate surface area is 203 Å². The summed E-state index contributed by atoms with van der Waals surface area (Å²) in [5.74, 6) is 0.0769. The Hall–Kier alpha value is -4.44. The number of nitrogens with zero attached hydrogens (tertiary/aromatic N) is 4. The minimum atomic E-state index is -0.392. The van der Waals surface area contributed by atoms with Crippen LogP contribution in [0.1, 0.15) is 28.0 Å². The van der Waals surface area contributed by atoms with Crippen molar-refractivity contribution in [3.05, 3.63) is 102 Å². The van der Waals surface area contributed by atoms with Crippen LogP contribution in [0, 0.1) is 24.1 Å². The summed E-state index contributed by atoms with van der Waals surface area (Å²) >= 11 is 0. The smallest absolute Gasteiger partial charge is 0.256 e. The number of pyridine rings is 1. The number of ether oxygens (including phenoxy) is 1. The largest absolute Gasteiger partial charge is 0.497 e. The van der Waals surface area contributed by atoms with E-state index in [0.29, 0.717) is 34.9 Å². The van der Waals surface area contributed by atoms with Crippen molar-refractivity contribution >= 4 is 5.91 Å². The molecular formula is C28H25FN4O2. The minimum Gasteiger partial charge on any atom is -0.497 e. The highest BCUT2D eigenvalue weighted by Gasteiger charge is 2.25. The zero-order valence-corrected chi connectivity index (χ0v) is 19.6. The number of aromatic nitrogens is 2. The van der Waals surface area contributed by atoms with Crippen LogP contribution >= 0.6 is 0 Å². The lowest BCUT2D eigenvalue weighted by atomic mass is 10.1. The molecular weight excluding hydrogens is 443 g/mol. The monoisotopic (exact) mass is 468 g/mol. The van der Waals surface area contributed by atoms with Gasteiger partial charge in [-0.15, -0.1) is 0 Å². The Morgan fingerprint density at radius 3 is 2.57 bits per heavy atom. The van der Waals surface area contributed by atoms with Crippen LogP contribution in [0.3, 0.4) is 0 Å². The number of amides is 1. The van der Waals surface area contributed by atoms with E-state index in [9.17, 15) is 9.18 Å². The number of hydrogen-bond acceptors (Lipinski definition) is 4. The van der Waals surface area contributed by atoms with Crippen molar-refractivity contribution in [2.24, 2.45) is 0 Å². The van der Waals surface area contributed by atoms with Gasteiger partial charge in [-0.25, -0.2) is 4.39 Å². The highest BCUT2D eigenvalue weighted by Crippen LogP contribution is 2.32. The van der Waals surface area contributed by atoms with Gasteiger partial charge in [0.1, 0.15) is 11.6 Å². The number of carbonyl (C=O) groups is 1. The molecule has 7 heteroatoms. The summed E-state index contributed by atoms with van der Waals surface area (Å²) in [6, 6.07) is 21.5. The number of rotatable bonds is 8. The number of para-hydroxylation sites is 1. The molecule has 2 aromatic carbocycles. The topological polar surface area (TPSA) is 71.2 Å². The van der Waals surface area contributed by atoms with E-state index in [1.165, 1.54) is 6.07 Å². The van der Waals surface area contributed by atoms with Crippen LogP contribution in [0.15, 0.2) is 79.1 Å². The van der Waals surface area contributed by atoms with Crippen LogP contribution in [0.5, 0.6) is 5.75 Å². The summed E-state index contributed by atoms with van der Waals surface area (Å²) in [5, 5.41) is 9.15. The summed E-state index contributed by atoms with van der Waals surface area (Å²) in [6.07, 6.45) is 3.57. The van der Waals surface area contributed by atoms with Gasteiger partial charge >= 0.3 is 0 Å². The minimum absolute atomic E-state index is 0.199. The van der Waals surface area contributed by atoms with Gasteiger partial charge in [-0.2, -0.15) is 5.26 Å². The van der Waals surface area contributed by atoms with Crippen LogP contribution in [0.4, 0.5) is 4.39 Å². The van der Waals surface area contributed by atoms with E-state index in [1.54, 1.807) is 60.2 Å². The van der Waals surface area contributed by atoms with Crippen molar-refractivity contribution in [1.82, 2.24) is 14.5 Å². The molecule has 0 N–H and O–H groups in total. The van der Waals surface area contributed by atoms with Crippen LogP contribution in [-0.2, 0) is 6.54 Å². The van der Waals surface area contributed by atoms with Crippen LogP contribution in [-0.4, -0.2) is 34.0 Å². The lowest BCUT2D eigenvalue weighted by Gasteiger charge is -2.22. The average Bonchev–Trinajstić information content (AvgIpc) is 3.23. The second-order valence-corrected chi connectivity index (χ2v) is 8.04. The molecule has 0 aliphatic rings. The van der Waals surface area contributed by atoms with E-state index >= 15 is 0 Å². The Bertz CT molecular complexity index is 1360. The van der Waals surface area contributed by atoms with Crippen molar-refractivity contribution in [3.63, 3.8) is 0 Å². The second-order valence-electron chi connectivity index (χ2n) is 8.04. The Morgan fingerprint density at radius 1 is 1.14 bits per heavy atom. The summed E-state index contributed by atoms with van der Waals surface area (Å²) in [7, 11) is 1.59. The van der Waals surface area contributed by atoms with Crippen molar-refractivity contribution in [1.29, 1.82) is 5.26 Å². The number of methoxy groups -OCH3 is 1. The molecule has 0 unspecified atom stereocenters. The predicted octanol–water partition coefficient (Wildman–Crippen LogP) is 5.55. The van der Waals surface area contributed by atoms with Gasteiger partial charge in [0.25, 0.3) is 5.91 Å². The van der Waals surface area contributed by atoms with E-state index in [1.807, 2.05) is 36.4 Å². The van der Waals surface area contributed by atoms with Gasteiger partial charge in [-0.3, -0.25) is 9.78 Å². The molecule has 0 radical (unpaired) electrons. The van der Waals surface area contributed by atoms with Gasteiger partial charge in [0.05, 0.1) is 36.5 Å². The summed E-state index contributed by atoms with van der Waals surface area (Å²) < 4.78 is 21.9. The van der Waals surface area contributed by atoms with Crippen molar-refractivity contribution in [2.75, 3.05) is 13.7 Å². The number of carbonyl (C=O) groups excluding carboxylic acids is 1. The first-order valence-electron chi connectivity index (χ1n) is 11.2. The molecule has 0 saturated carbocycles. The fourth-order valence-electron chi connectivity index (χ4n) is 4.06. The third kappa shape index (κ3) is 5.07. The molecule has 0 spiro atoms. The normalized spacial score (nSPS) is 10.6. The maximum Gasteiger partial charge on any atom is 0.256 e. The molecule has 0 atom stereocenters. The third-order valence-electron chi connectivity index (χ3n) is 5.83. The fraction of sp³-hybridized carbons (Fsp3) is 0.179. The lowest BCUT2D eigenvalue weighted by molar-refractivity contribution is 0.0746. The first kappa shape index (κ1) is 23.7. The number of halogens is 1. The van der Waals surface area contributed by atoms with E-state index in [2.05, 4.69) is 11.1 Å². The Morgan fingerprint density at radius 2 is 1.91 bits per heavy atom. The van der Waals surface area contributed by atoms with E-state index < -0.39 is 5.82 Å². The molecule has 2 heterocycles. The molecule has 176 valence electrons.